The fourth-order valence-corrected chi connectivity index (χ4v) is 1.70. The van der Waals surface area contributed by atoms with E-state index >= 15 is 0 Å². The average Bonchev–Trinajstić information content (AvgIpc) is 2.34. The fraction of sp³-hybridized carbons (Fsp3) is 0.500. The zero-order chi connectivity index (χ0) is 13.4. The van der Waals surface area contributed by atoms with Crippen molar-refractivity contribution < 1.29 is 9.50 Å². The number of benzene rings is 1. The van der Waals surface area contributed by atoms with Crippen molar-refractivity contribution in [2.24, 2.45) is 0 Å². The van der Waals surface area contributed by atoms with E-state index in [0.717, 1.165) is 18.4 Å². The van der Waals surface area contributed by atoms with Gasteiger partial charge in [-0.15, -0.1) is 0 Å². The van der Waals surface area contributed by atoms with Gasteiger partial charge in [0.2, 0.25) is 0 Å². The summed E-state index contributed by atoms with van der Waals surface area (Å²) in [6.07, 6.45) is 5.18. The maximum atomic E-state index is 12.7. The first-order valence-corrected chi connectivity index (χ1v) is 6.54. The zero-order valence-corrected chi connectivity index (χ0v) is 11.2. The summed E-state index contributed by atoms with van der Waals surface area (Å²) in [7, 11) is 0. The highest BCUT2D eigenvalue weighted by Crippen LogP contribution is 2.14. The van der Waals surface area contributed by atoms with Gasteiger partial charge in [-0.3, -0.25) is 0 Å². The van der Waals surface area contributed by atoms with Crippen molar-refractivity contribution in [2.45, 2.75) is 51.6 Å². The molecule has 18 heavy (non-hydrogen) atoms. The van der Waals surface area contributed by atoms with Crippen LogP contribution in [0.3, 0.4) is 0 Å². The first kappa shape index (κ1) is 14.7. The standard InChI is InChI=1S/C16H21FO/c1-3-4-5-6-12-16(2,18)13-11-14-7-9-15(17)10-8-14/h7-10,18H,3-6,12H2,1-2H3. The average molecular weight is 248 g/mol. The summed E-state index contributed by atoms with van der Waals surface area (Å²) in [5, 5.41) is 10.1. The summed E-state index contributed by atoms with van der Waals surface area (Å²) in [6.45, 7) is 3.89. The molecule has 0 saturated carbocycles. The van der Waals surface area contributed by atoms with E-state index in [0.29, 0.717) is 6.42 Å². The molecule has 0 aromatic heterocycles. The molecular weight excluding hydrogens is 227 g/mol. The van der Waals surface area contributed by atoms with Gasteiger partial charge in [0.05, 0.1) is 0 Å². The molecule has 98 valence electrons. The Hall–Kier alpha value is -1.33. The van der Waals surface area contributed by atoms with Crippen molar-refractivity contribution >= 4 is 0 Å². The molecule has 1 nitrogen and oxygen atoms in total. The second kappa shape index (κ2) is 7.18. The number of hydrogen-bond acceptors (Lipinski definition) is 1. The normalized spacial score (nSPS) is 13.6. The second-order valence-corrected chi connectivity index (χ2v) is 4.84. The summed E-state index contributed by atoms with van der Waals surface area (Å²) in [6, 6.07) is 5.99. The Morgan fingerprint density at radius 2 is 1.83 bits per heavy atom. The third-order valence-electron chi connectivity index (χ3n) is 2.84. The Labute approximate surface area is 109 Å². The number of unbranched alkanes of at least 4 members (excludes halogenated alkanes) is 3. The van der Waals surface area contributed by atoms with Crippen molar-refractivity contribution in [3.8, 4) is 11.8 Å². The predicted molar refractivity (Wildman–Crippen MR) is 72.7 cm³/mol. The van der Waals surface area contributed by atoms with Crippen molar-refractivity contribution in [1.82, 2.24) is 0 Å². The van der Waals surface area contributed by atoms with Gasteiger partial charge in [0.1, 0.15) is 11.4 Å². The van der Waals surface area contributed by atoms with Gasteiger partial charge < -0.3 is 5.11 Å². The Morgan fingerprint density at radius 1 is 1.17 bits per heavy atom. The molecule has 0 amide bonds. The third kappa shape index (κ3) is 5.84. The Morgan fingerprint density at radius 3 is 2.44 bits per heavy atom. The smallest absolute Gasteiger partial charge is 0.123 e. The lowest BCUT2D eigenvalue weighted by Crippen LogP contribution is -2.21. The van der Waals surface area contributed by atoms with Crippen LogP contribution in [0.5, 0.6) is 0 Å². The maximum absolute atomic E-state index is 12.7. The van der Waals surface area contributed by atoms with Crippen LogP contribution in [0.1, 0.15) is 51.5 Å². The lowest BCUT2D eigenvalue weighted by atomic mass is 9.98. The molecule has 0 heterocycles. The molecule has 1 atom stereocenters. The molecule has 0 aliphatic rings. The van der Waals surface area contributed by atoms with E-state index in [4.69, 9.17) is 0 Å². The summed E-state index contributed by atoms with van der Waals surface area (Å²) in [5.74, 6) is 5.47. The molecule has 1 unspecified atom stereocenters. The first-order valence-electron chi connectivity index (χ1n) is 6.54. The molecule has 0 aliphatic carbocycles. The molecule has 0 spiro atoms. The molecule has 1 N–H and O–H groups in total. The summed E-state index contributed by atoms with van der Waals surface area (Å²) < 4.78 is 12.7. The minimum absolute atomic E-state index is 0.271. The molecule has 1 aromatic carbocycles. The summed E-state index contributed by atoms with van der Waals surface area (Å²) in [4.78, 5) is 0. The van der Waals surface area contributed by atoms with Crippen molar-refractivity contribution in [2.75, 3.05) is 0 Å². The highest BCUT2D eigenvalue weighted by molar-refractivity contribution is 5.35. The van der Waals surface area contributed by atoms with Crippen molar-refractivity contribution in [1.29, 1.82) is 0 Å². The number of hydrogen-bond donors (Lipinski definition) is 1. The number of rotatable bonds is 5. The van der Waals surface area contributed by atoms with Crippen LogP contribution in [-0.2, 0) is 0 Å². The van der Waals surface area contributed by atoms with E-state index < -0.39 is 5.60 Å². The Kier molecular flexibility index (Phi) is 5.88. The van der Waals surface area contributed by atoms with Gasteiger partial charge >= 0.3 is 0 Å². The molecule has 0 bridgehead atoms. The summed E-state index contributed by atoms with van der Waals surface area (Å²) >= 11 is 0. The molecule has 2 heteroatoms. The van der Waals surface area contributed by atoms with Gasteiger partial charge in [0, 0.05) is 5.56 Å². The Balaban J connectivity index is 2.51. The maximum Gasteiger partial charge on any atom is 0.123 e. The lowest BCUT2D eigenvalue weighted by Gasteiger charge is -2.15. The highest BCUT2D eigenvalue weighted by atomic mass is 19.1. The molecule has 0 radical (unpaired) electrons. The van der Waals surface area contributed by atoms with E-state index in [1.54, 1.807) is 19.1 Å². The van der Waals surface area contributed by atoms with E-state index in [2.05, 4.69) is 18.8 Å². The first-order chi connectivity index (χ1) is 8.53. The van der Waals surface area contributed by atoms with E-state index in [1.165, 1.54) is 25.0 Å². The van der Waals surface area contributed by atoms with Crippen LogP contribution >= 0.6 is 0 Å². The van der Waals surface area contributed by atoms with Gasteiger partial charge in [-0.2, -0.15) is 0 Å². The van der Waals surface area contributed by atoms with Gasteiger partial charge in [-0.25, -0.2) is 4.39 Å². The highest BCUT2D eigenvalue weighted by Gasteiger charge is 2.15. The third-order valence-corrected chi connectivity index (χ3v) is 2.84. The van der Waals surface area contributed by atoms with E-state index in [9.17, 15) is 9.50 Å². The van der Waals surface area contributed by atoms with Crippen molar-refractivity contribution in [3.05, 3.63) is 35.6 Å². The molecule has 0 aliphatic heterocycles. The van der Waals surface area contributed by atoms with Crippen LogP contribution in [0.15, 0.2) is 24.3 Å². The van der Waals surface area contributed by atoms with Gasteiger partial charge in [-0.05, 0) is 44.0 Å². The molecule has 1 rings (SSSR count). The molecule has 1 aromatic rings. The number of halogens is 1. The zero-order valence-electron chi connectivity index (χ0n) is 11.2. The SMILES string of the molecule is CCCCCCC(C)(O)C#Cc1ccc(F)cc1. The fourth-order valence-electron chi connectivity index (χ4n) is 1.70. The van der Waals surface area contributed by atoms with Crippen molar-refractivity contribution in [3.63, 3.8) is 0 Å². The molecule has 0 saturated heterocycles. The van der Waals surface area contributed by atoms with Crippen LogP contribution in [0.4, 0.5) is 4.39 Å². The van der Waals surface area contributed by atoms with Gasteiger partial charge in [0.25, 0.3) is 0 Å². The molecule has 0 fully saturated rings. The quantitative estimate of drug-likeness (QED) is 0.619. The van der Waals surface area contributed by atoms with Crippen LogP contribution < -0.4 is 0 Å². The lowest BCUT2D eigenvalue weighted by molar-refractivity contribution is 0.109. The topological polar surface area (TPSA) is 20.2 Å². The van der Waals surface area contributed by atoms with Crippen LogP contribution in [0, 0.1) is 17.7 Å². The Bertz CT molecular complexity index is 409. The van der Waals surface area contributed by atoms with E-state index in [1.807, 2.05) is 0 Å². The predicted octanol–water partition coefficient (Wildman–Crippen LogP) is 3.90. The minimum atomic E-state index is -0.956. The number of aliphatic hydroxyl groups is 1. The molecular formula is C16H21FO. The van der Waals surface area contributed by atoms with Crippen LogP contribution in [0.2, 0.25) is 0 Å². The van der Waals surface area contributed by atoms with E-state index in [-0.39, 0.29) is 5.82 Å². The van der Waals surface area contributed by atoms with Gasteiger partial charge in [0.15, 0.2) is 0 Å². The van der Waals surface area contributed by atoms with Gasteiger partial charge in [-0.1, -0.05) is 38.0 Å². The summed E-state index contributed by atoms with van der Waals surface area (Å²) in [5.41, 5.74) is -0.229. The second-order valence-electron chi connectivity index (χ2n) is 4.84. The monoisotopic (exact) mass is 248 g/mol. The largest absolute Gasteiger partial charge is 0.378 e. The van der Waals surface area contributed by atoms with Crippen LogP contribution in [-0.4, -0.2) is 10.7 Å². The van der Waals surface area contributed by atoms with Crippen LogP contribution in [0.25, 0.3) is 0 Å². The minimum Gasteiger partial charge on any atom is -0.378 e.